The topological polar surface area (TPSA) is 61.6 Å². The first-order valence-corrected chi connectivity index (χ1v) is 5.93. The maximum Gasteiger partial charge on any atom is 0.185 e. The van der Waals surface area contributed by atoms with Gasteiger partial charge in [-0.15, -0.1) is 0 Å². The highest BCUT2D eigenvalue weighted by molar-refractivity contribution is 5.77. The molecule has 6 nitrogen and oxygen atoms in total. The van der Waals surface area contributed by atoms with Crippen LogP contribution in [0.5, 0.6) is 0 Å². The Bertz CT molecular complexity index is 263. The van der Waals surface area contributed by atoms with Crippen LogP contribution in [-0.4, -0.2) is 58.1 Å². The average molecular weight is 242 g/mol. The van der Waals surface area contributed by atoms with E-state index < -0.39 is 0 Å². The van der Waals surface area contributed by atoms with Crippen LogP contribution in [0.2, 0.25) is 0 Å². The molecule has 0 aromatic carbocycles. The second kappa shape index (κ2) is 7.24. The van der Waals surface area contributed by atoms with Crippen LogP contribution in [0.3, 0.4) is 0 Å². The zero-order valence-electron chi connectivity index (χ0n) is 9.89. The summed E-state index contributed by atoms with van der Waals surface area (Å²) in [6.07, 6.45) is 1.44. The zero-order valence-corrected chi connectivity index (χ0v) is 9.89. The van der Waals surface area contributed by atoms with Crippen LogP contribution >= 0.6 is 0 Å². The maximum atomic E-state index is 5.30. The number of ether oxygens (including phenoxy) is 4. The van der Waals surface area contributed by atoms with E-state index in [0.717, 1.165) is 37.7 Å². The number of hydrogen-bond donors (Lipinski definition) is 0. The summed E-state index contributed by atoms with van der Waals surface area (Å²) in [4.78, 5) is 8.33. The van der Waals surface area contributed by atoms with Crippen molar-refractivity contribution in [3.8, 4) is 0 Å². The molecule has 0 amide bonds. The molecule has 2 heterocycles. The van der Waals surface area contributed by atoms with Gasteiger partial charge in [0.25, 0.3) is 0 Å². The van der Waals surface area contributed by atoms with Crippen LogP contribution in [0.25, 0.3) is 0 Å². The summed E-state index contributed by atoms with van der Waals surface area (Å²) in [5.41, 5.74) is 0. The molecular formula is C11H18N2O4. The number of aliphatic imine (C=N–C) groups is 2. The fraction of sp³-hybridized carbons (Fsp3) is 0.818. The van der Waals surface area contributed by atoms with E-state index in [4.69, 9.17) is 18.9 Å². The Morgan fingerprint density at radius 1 is 0.882 bits per heavy atom. The first-order valence-electron chi connectivity index (χ1n) is 5.93. The number of rotatable bonds is 8. The Morgan fingerprint density at radius 2 is 1.41 bits per heavy atom. The molecule has 0 aliphatic carbocycles. The van der Waals surface area contributed by atoms with Crippen LogP contribution in [0.15, 0.2) is 9.98 Å². The second-order valence-corrected chi connectivity index (χ2v) is 3.68. The van der Waals surface area contributed by atoms with Gasteiger partial charge in [-0.3, -0.25) is 9.98 Å². The van der Waals surface area contributed by atoms with Gasteiger partial charge in [0.1, 0.15) is 20.0 Å². The fourth-order valence-electron chi connectivity index (χ4n) is 1.56. The third-order valence-electron chi connectivity index (χ3n) is 2.38. The molecule has 96 valence electrons. The Labute approximate surface area is 101 Å². The molecule has 0 unspecified atom stereocenters. The Kier molecular flexibility index (Phi) is 5.25. The van der Waals surface area contributed by atoms with Crippen molar-refractivity contribution in [1.82, 2.24) is 0 Å². The van der Waals surface area contributed by atoms with E-state index in [1.165, 1.54) is 0 Å². The maximum absolute atomic E-state index is 5.30. The van der Waals surface area contributed by atoms with Gasteiger partial charge in [-0.2, -0.15) is 0 Å². The summed E-state index contributed by atoms with van der Waals surface area (Å²) >= 11 is 0. The SMILES string of the molecule is C1COC(CCOCOCCC2=NCCO2)=N1. The minimum Gasteiger partial charge on any atom is -0.479 e. The van der Waals surface area contributed by atoms with Crippen molar-refractivity contribution >= 4 is 11.8 Å². The third kappa shape index (κ3) is 4.70. The summed E-state index contributed by atoms with van der Waals surface area (Å²) in [5, 5.41) is 0. The molecule has 0 spiro atoms. The van der Waals surface area contributed by atoms with Crippen molar-refractivity contribution in [3.05, 3.63) is 0 Å². The van der Waals surface area contributed by atoms with Crippen LogP contribution in [-0.2, 0) is 18.9 Å². The smallest absolute Gasteiger partial charge is 0.185 e. The van der Waals surface area contributed by atoms with Crippen molar-refractivity contribution < 1.29 is 18.9 Å². The molecule has 0 saturated carbocycles. The van der Waals surface area contributed by atoms with Gasteiger partial charge in [0.2, 0.25) is 0 Å². The zero-order chi connectivity index (χ0) is 11.8. The van der Waals surface area contributed by atoms with Crippen LogP contribution in [0, 0.1) is 0 Å². The molecule has 0 aromatic rings. The lowest BCUT2D eigenvalue weighted by Gasteiger charge is -2.06. The normalized spacial score (nSPS) is 18.6. The predicted octanol–water partition coefficient (Wildman–Crippen LogP) is 0.615. The summed E-state index contributed by atoms with van der Waals surface area (Å²) in [7, 11) is 0. The average Bonchev–Trinajstić information content (AvgIpc) is 3.00. The largest absolute Gasteiger partial charge is 0.479 e. The summed E-state index contributed by atoms with van der Waals surface area (Å²) < 4.78 is 21.1. The molecule has 6 heteroatoms. The first-order chi connectivity index (χ1) is 8.45. The first kappa shape index (κ1) is 12.3. The monoisotopic (exact) mass is 242 g/mol. The van der Waals surface area contributed by atoms with Crippen LogP contribution in [0.4, 0.5) is 0 Å². The number of hydrogen-bond acceptors (Lipinski definition) is 6. The Morgan fingerprint density at radius 3 is 1.82 bits per heavy atom. The van der Waals surface area contributed by atoms with Gasteiger partial charge in [-0.25, -0.2) is 0 Å². The van der Waals surface area contributed by atoms with Crippen LogP contribution in [0.1, 0.15) is 12.8 Å². The van der Waals surface area contributed by atoms with E-state index in [1.807, 2.05) is 0 Å². The van der Waals surface area contributed by atoms with Gasteiger partial charge >= 0.3 is 0 Å². The molecule has 0 fully saturated rings. The molecule has 17 heavy (non-hydrogen) atoms. The van der Waals surface area contributed by atoms with E-state index in [9.17, 15) is 0 Å². The predicted molar refractivity (Wildman–Crippen MR) is 62.5 cm³/mol. The molecular weight excluding hydrogens is 224 g/mol. The molecule has 0 radical (unpaired) electrons. The quantitative estimate of drug-likeness (QED) is 0.462. The Balaban J connectivity index is 1.38. The van der Waals surface area contributed by atoms with Gasteiger partial charge in [-0.05, 0) is 0 Å². The minimum atomic E-state index is 0.292. The molecule has 0 atom stereocenters. The highest BCUT2D eigenvalue weighted by atomic mass is 16.7. The van der Waals surface area contributed by atoms with E-state index in [1.54, 1.807) is 0 Å². The van der Waals surface area contributed by atoms with Crippen molar-refractivity contribution in [2.45, 2.75) is 12.8 Å². The van der Waals surface area contributed by atoms with E-state index >= 15 is 0 Å². The Hall–Kier alpha value is -1.14. The molecule has 2 aliphatic rings. The van der Waals surface area contributed by atoms with Gasteiger partial charge in [0.15, 0.2) is 11.8 Å². The van der Waals surface area contributed by atoms with Gasteiger partial charge in [0.05, 0.1) is 26.3 Å². The molecule has 0 N–H and O–H groups in total. The van der Waals surface area contributed by atoms with Crippen molar-refractivity contribution in [2.24, 2.45) is 9.98 Å². The van der Waals surface area contributed by atoms with E-state index in [2.05, 4.69) is 9.98 Å². The standard InChI is InChI=1S/C11H18N2O4/c1(10-12-3-7-16-10)5-14-9-15-6-2-11-13-4-8-17-11/h1-9H2. The minimum absolute atomic E-state index is 0.292. The van der Waals surface area contributed by atoms with Crippen LogP contribution < -0.4 is 0 Å². The molecule has 0 bridgehead atoms. The molecule has 2 rings (SSSR count). The summed E-state index contributed by atoms with van der Waals surface area (Å²) in [6.45, 7) is 4.40. The van der Waals surface area contributed by atoms with Gasteiger partial charge in [0, 0.05) is 12.8 Å². The van der Waals surface area contributed by atoms with Crippen molar-refractivity contribution in [2.75, 3.05) is 46.3 Å². The highest BCUT2D eigenvalue weighted by Gasteiger charge is 2.07. The van der Waals surface area contributed by atoms with Gasteiger partial charge < -0.3 is 18.9 Å². The summed E-state index contributed by atoms with van der Waals surface area (Å²) in [5.74, 6) is 1.58. The lowest BCUT2D eigenvalue weighted by Crippen LogP contribution is -2.09. The molecule has 0 aromatic heterocycles. The fourth-order valence-corrected chi connectivity index (χ4v) is 1.56. The highest BCUT2D eigenvalue weighted by Crippen LogP contribution is 2.00. The van der Waals surface area contributed by atoms with Crippen molar-refractivity contribution in [1.29, 1.82) is 0 Å². The lowest BCUT2D eigenvalue weighted by atomic mass is 10.4. The molecule has 0 saturated heterocycles. The lowest BCUT2D eigenvalue weighted by molar-refractivity contribution is -0.0503. The van der Waals surface area contributed by atoms with Crippen molar-refractivity contribution in [3.63, 3.8) is 0 Å². The van der Waals surface area contributed by atoms with E-state index in [0.29, 0.717) is 33.2 Å². The summed E-state index contributed by atoms with van der Waals surface area (Å²) in [6, 6.07) is 0. The van der Waals surface area contributed by atoms with E-state index in [-0.39, 0.29) is 0 Å². The second-order valence-electron chi connectivity index (χ2n) is 3.68. The molecule has 2 aliphatic heterocycles. The number of nitrogens with zero attached hydrogens (tertiary/aromatic N) is 2. The third-order valence-corrected chi connectivity index (χ3v) is 2.38. The van der Waals surface area contributed by atoms with Gasteiger partial charge in [-0.1, -0.05) is 0 Å².